The Bertz CT molecular complexity index is 1420. The first-order valence-electron chi connectivity index (χ1n) is 11.7. The van der Waals surface area contributed by atoms with Crippen LogP contribution in [0.5, 0.6) is 11.5 Å². The molecule has 2 aliphatic heterocycles. The van der Waals surface area contributed by atoms with Gasteiger partial charge in [-0.3, -0.25) is 14.6 Å². The maximum Gasteiger partial charge on any atom is 0.260 e. The Kier molecular flexibility index (Phi) is 6.33. The second-order valence-corrected chi connectivity index (χ2v) is 9.38. The van der Waals surface area contributed by atoms with Gasteiger partial charge in [0, 0.05) is 37.1 Å². The van der Waals surface area contributed by atoms with Crippen molar-refractivity contribution in [2.75, 3.05) is 26.2 Å². The fourth-order valence-corrected chi connectivity index (χ4v) is 5.22. The Morgan fingerprint density at radius 3 is 2.70 bits per heavy atom. The van der Waals surface area contributed by atoms with Gasteiger partial charge in [0.15, 0.2) is 5.75 Å². The van der Waals surface area contributed by atoms with Gasteiger partial charge in [-0.1, -0.05) is 24.2 Å². The molecular formula is C27H24ClFN4O4. The molecule has 0 unspecified atom stereocenters. The summed E-state index contributed by atoms with van der Waals surface area (Å²) in [4.78, 5) is 38.6. The van der Waals surface area contributed by atoms with Crippen LogP contribution >= 0.6 is 11.6 Å². The summed E-state index contributed by atoms with van der Waals surface area (Å²) in [6.07, 6.45) is 2.89. The highest BCUT2D eigenvalue weighted by Crippen LogP contribution is 2.46. The van der Waals surface area contributed by atoms with Crippen LogP contribution in [0.3, 0.4) is 0 Å². The van der Waals surface area contributed by atoms with E-state index >= 15 is 0 Å². The lowest BCUT2D eigenvalue weighted by Crippen LogP contribution is -2.57. The van der Waals surface area contributed by atoms with Gasteiger partial charge in [0.05, 0.1) is 17.3 Å². The van der Waals surface area contributed by atoms with Gasteiger partial charge in [-0.2, -0.15) is 0 Å². The van der Waals surface area contributed by atoms with Crippen LogP contribution in [-0.4, -0.2) is 69.0 Å². The van der Waals surface area contributed by atoms with E-state index in [2.05, 4.69) is 16.5 Å². The molecule has 190 valence electrons. The Labute approximate surface area is 218 Å². The molecule has 2 aliphatic rings. The summed E-state index contributed by atoms with van der Waals surface area (Å²) in [7, 11) is 0. The lowest BCUT2D eigenvalue weighted by molar-refractivity contribution is -0.128. The molecule has 0 aliphatic carbocycles. The van der Waals surface area contributed by atoms with E-state index in [4.69, 9.17) is 16.3 Å². The molecule has 8 nitrogen and oxygen atoms in total. The van der Waals surface area contributed by atoms with Gasteiger partial charge in [-0.15, -0.1) is 0 Å². The van der Waals surface area contributed by atoms with Gasteiger partial charge < -0.3 is 19.6 Å². The minimum Gasteiger partial charge on any atom is -0.507 e. The van der Waals surface area contributed by atoms with Crippen molar-refractivity contribution in [1.29, 1.82) is 0 Å². The first kappa shape index (κ1) is 24.7. The summed E-state index contributed by atoms with van der Waals surface area (Å²) in [5.41, 5.74) is 2.11. The van der Waals surface area contributed by atoms with Crippen molar-refractivity contribution in [3.8, 4) is 34.0 Å². The normalized spacial score (nSPS) is 17.0. The fraction of sp³-hybridized carbons (Fsp3) is 0.259. The van der Waals surface area contributed by atoms with Crippen LogP contribution in [0.15, 0.2) is 43.1 Å². The van der Waals surface area contributed by atoms with Gasteiger partial charge in [-0.25, -0.2) is 9.37 Å². The molecule has 1 fully saturated rings. The Balaban J connectivity index is 1.76. The molecule has 2 aromatic heterocycles. The van der Waals surface area contributed by atoms with Crippen molar-refractivity contribution in [3.05, 3.63) is 70.8 Å². The van der Waals surface area contributed by atoms with E-state index in [1.54, 1.807) is 29.0 Å². The molecular weight excluding hydrogens is 499 g/mol. The van der Waals surface area contributed by atoms with Gasteiger partial charge in [0.1, 0.15) is 34.5 Å². The van der Waals surface area contributed by atoms with Crippen LogP contribution in [-0.2, 0) is 4.79 Å². The highest BCUT2D eigenvalue weighted by Gasteiger charge is 2.40. The number of phenols is 1. The number of hydrogen-bond donors (Lipinski definition) is 1. The molecule has 0 radical (unpaired) electrons. The molecule has 0 spiro atoms. The number of amides is 2. The van der Waals surface area contributed by atoms with Crippen molar-refractivity contribution < 1.29 is 23.8 Å². The average molecular weight is 523 g/mol. The zero-order valence-corrected chi connectivity index (χ0v) is 21.0. The number of piperazine rings is 1. The van der Waals surface area contributed by atoms with Gasteiger partial charge >= 0.3 is 0 Å². The molecule has 10 heteroatoms. The fourth-order valence-electron chi connectivity index (χ4n) is 4.94. The minimum absolute atomic E-state index is 0.0490. The predicted octanol–water partition coefficient (Wildman–Crippen LogP) is 4.16. The highest BCUT2D eigenvalue weighted by molar-refractivity contribution is 6.35. The third-order valence-electron chi connectivity index (χ3n) is 6.77. The van der Waals surface area contributed by atoms with Crippen molar-refractivity contribution in [2.45, 2.75) is 19.9 Å². The Morgan fingerprint density at radius 2 is 2.00 bits per heavy atom. The Hall–Kier alpha value is -3.98. The van der Waals surface area contributed by atoms with Gasteiger partial charge in [-0.05, 0) is 43.7 Å². The molecule has 4 heterocycles. The van der Waals surface area contributed by atoms with Crippen LogP contribution < -0.4 is 4.74 Å². The number of ether oxygens (including phenoxy) is 1. The van der Waals surface area contributed by atoms with E-state index in [0.717, 1.165) is 5.56 Å². The quantitative estimate of drug-likeness (QED) is 0.519. The summed E-state index contributed by atoms with van der Waals surface area (Å²) in [5, 5.41) is 10.4. The van der Waals surface area contributed by atoms with E-state index < -0.39 is 11.9 Å². The Morgan fingerprint density at radius 1 is 1.22 bits per heavy atom. The molecule has 37 heavy (non-hydrogen) atoms. The molecule has 0 saturated carbocycles. The van der Waals surface area contributed by atoms with Crippen molar-refractivity contribution in [2.24, 2.45) is 0 Å². The SMILES string of the molecule is C=CC(=O)N1CCN2C(=O)c3c(-c4c(C)ccnc4C)nc(-c4c(O)cccc4F)c(Cl)c3OC[C@H]2C1. The maximum absolute atomic E-state index is 15.0. The number of aryl methyl sites for hydroxylation is 2. The smallest absolute Gasteiger partial charge is 0.260 e. The number of hydrogen-bond acceptors (Lipinski definition) is 6. The van der Waals surface area contributed by atoms with Crippen LogP contribution in [0.25, 0.3) is 22.5 Å². The second-order valence-electron chi connectivity index (χ2n) is 9.00. The number of halogens is 2. The topological polar surface area (TPSA) is 95.9 Å². The molecule has 3 aromatic rings. The number of phenolic OH excluding ortho intramolecular Hbond substituents is 1. The van der Waals surface area contributed by atoms with Crippen molar-refractivity contribution >= 4 is 23.4 Å². The predicted molar refractivity (Wildman–Crippen MR) is 136 cm³/mol. The zero-order chi connectivity index (χ0) is 26.4. The molecule has 1 aromatic carbocycles. The zero-order valence-electron chi connectivity index (χ0n) is 20.3. The lowest BCUT2D eigenvalue weighted by Gasteiger charge is -2.39. The number of rotatable bonds is 3. The molecule has 5 rings (SSSR count). The first-order valence-corrected chi connectivity index (χ1v) is 12.1. The molecule has 0 bridgehead atoms. The van der Waals surface area contributed by atoms with Crippen LogP contribution in [0.4, 0.5) is 4.39 Å². The third-order valence-corrected chi connectivity index (χ3v) is 7.12. The molecule has 1 N–H and O–H groups in total. The number of carbonyl (C=O) groups is 2. The van der Waals surface area contributed by atoms with Crippen molar-refractivity contribution in [3.63, 3.8) is 0 Å². The standard InChI is InChI=1S/C27H24ClFN4O4/c1-4-19(35)32-10-11-33-16(12-32)13-37-26-22(27(33)36)24(20-14(2)8-9-30-15(20)3)31-25(23(26)28)21-17(29)6-5-7-18(21)34/h4-9,16,34H,1,10-13H2,2-3H3/t16-/m1/s1. The van der Waals surface area contributed by atoms with Crippen LogP contribution in [0.1, 0.15) is 21.6 Å². The van der Waals surface area contributed by atoms with E-state index in [0.29, 0.717) is 17.8 Å². The number of fused-ring (bicyclic) bond motifs is 2. The van der Waals surface area contributed by atoms with Crippen LogP contribution in [0, 0.1) is 19.7 Å². The van der Waals surface area contributed by atoms with Crippen molar-refractivity contribution in [1.82, 2.24) is 19.8 Å². The highest BCUT2D eigenvalue weighted by atomic mass is 35.5. The van der Waals surface area contributed by atoms with Gasteiger partial charge in [0.2, 0.25) is 5.91 Å². The number of pyridine rings is 2. The number of aromatic nitrogens is 2. The first-order chi connectivity index (χ1) is 17.7. The minimum atomic E-state index is -0.726. The van der Waals surface area contributed by atoms with E-state index in [-0.39, 0.29) is 70.5 Å². The molecule has 2 amide bonds. The molecule has 1 saturated heterocycles. The number of carbonyl (C=O) groups excluding carboxylic acids is 2. The van der Waals surface area contributed by atoms with E-state index in [1.165, 1.54) is 24.3 Å². The van der Waals surface area contributed by atoms with Crippen LogP contribution in [0.2, 0.25) is 5.02 Å². The summed E-state index contributed by atoms with van der Waals surface area (Å²) >= 11 is 6.75. The summed E-state index contributed by atoms with van der Waals surface area (Å²) in [5.74, 6) is -1.62. The number of aromatic hydroxyl groups is 1. The van der Waals surface area contributed by atoms with E-state index in [1.807, 2.05) is 6.92 Å². The van der Waals surface area contributed by atoms with E-state index in [9.17, 15) is 19.1 Å². The molecule has 1 atom stereocenters. The summed E-state index contributed by atoms with van der Waals surface area (Å²) in [6.45, 7) is 8.12. The average Bonchev–Trinajstić information content (AvgIpc) is 3.02. The number of benzene rings is 1. The lowest BCUT2D eigenvalue weighted by atomic mass is 9.96. The third kappa shape index (κ3) is 4.09. The monoisotopic (exact) mass is 522 g/mol. The summed E-state index contributed by atoms with van der Waals surface area (Å²) < 4.78 is 21.1. The second kappa shape index (κ2) is 9.48. The maximum atomic E-state index is 15.0. The number of nitrogens with zero attached hydrogens (tertiary/aromatic N) is 4. The largest absolute Gasteiger partial charge is 0.507 e. The van der Waals surface area contributed by atoms with Gasteiger partial charge in [0.25, 0.3) is 5.91 Å². The summed E-state index contributed by atoms with van der Waals surface area (Å²) in [6, 6.07) is 5.24.